The van der Waals surface area contributed by atoms with Crippen LogP contribution in [-0.4, -0.2) is 4.57 Å². The maximum Gasteiger partial charge on any atom is 0.419 e. The van der Waals surface area contributed by atoms with E-state index in [9.17, 15) is 4.79 Å². The van der Waals surface area contributed by atoms with Gasteiger partial charge in [-0.1, -0.05) is 39.7 Å². The molecule has 1 aromatic carbocycles. The Hall–Kier alpha value is -1.55. The Bertz CT molecular complexity index is 623. The number of rotatable bonds is 6. The van der Waals surface area contributed by atoms with E-state index in [1.807, 2.05) is 25.1 Å². The van der Waals surface area contributed by atoms with Gasteiger partial charge in [-0.05, 0) is 30.0 Å². The van der Waals surface area contributed by atoms with Crippen molar-refractivity contribution >= 4 is 11.1 Å². The molecule has 4 heteroatoms. The molecule has 2 aromatic rings. The Kier molecular flexibility index (Phi) is 4.65. The number of oxazole rings is 1. The van der Waals surface area contributed by atoms with Crippen LogP contribution in [0.25, 0.3) is 11.1 Å². The summed E-state index contributed by atoms with van der Waals surface area (Å²) in [5.74, 6) is 0.173. The number of aromatic nitrogens is 1. The second kappa shape index (κ2) is 6.27. The van der Waals surface area contributed by atoms with Gasteiger partial charge in [0.2, 0.25) is 0 Å². The van der Waals surface area contributed by atoms with Crippen LogP contribution in [0.2, 0.25) is 0 Å². The minimum Gasteiger partial charge on any atom is -0.408 e. The van der Waals surface area contributed by atoms with Gasteiger partial charge < -0.3 is 10.2 Å². The lowest BCUT2D eigenvalue weighted by atomic mass is 9.89. The molecule has 2 rings (SSSR count). The molecule has 0 aliphatic rings. The van der Waals surface area contributed by atoms with E-state index < -0.39 is 0 Å². The molecule has 110 valence electrons. The van der Waals surface area contributed by atoms with Gasteiger partial charge in [0.25, 0.3) is 0 Å². The van der Waals surface area contributed by atoms with Gasteiger partial charge in [-0.3, -0.25) is 4.57 Å². The van der Waals surface area contributed by atoms with Crippen molar-refractivity contribution in [2.75, 3.05) is 0 Å². The standard InChI is InChI=1S/C16H24N2O2/c1-4-9-18-13-8-7-12(10-14(13)20-16(18)19)15(17)11(5-2)6-3/h7-8,10-11,15H,4-6,9,17H2,1-3H3. The predicted molar refractivity (Wildman–Crippen MR) is 81.8 cm³/mol. The Labute approximate surface area is 119 Å². The highest BCUT2D eigenvalue weighted by atomic mass is 16.4. The van der Waals surface area contributed by atoms with E-state index in [0.29, 0.717) is 18.0 Å². The smallest absolute Gasteiger partial charge is 0.408 e. The van der Waals surface area contributed by atoms with E-state index >= 15 is 0 Å². The Morgan fingerprint density at radius 3 is 2.55 bits per heavy atom. The summed E-state index contributed by atoms with van der Waals surface area (Å²) >= 11 is 0. The van der Waals surface area contributed by atoms with E-state index in [1.165, 1.54) is 0 Å². The topological polar surface area (TPSA) is 61.2 Å². The van der Waals surface area contributed by atoms with Gasteiger partial charge in [0.1, 0.15) is 0 Å². The number of hydrogen-bond donors (Lipinski definition) is 1. The molecule has 0 aliphatic heterocycles. The van der Waals surface area contributed by atoms with Gasteiger partial charge >= 0.3 is 5.76 Å². The van der Waals surface area contributed by atoms with E-state index in [0.717, 1.165) is 30.3 Å². The molecular weight excluding hydrogens is 252 g/mol. The number of fused-ring (bicyclic) bond motifs is 1. The molecule has 0 bridgehead atoms. The minimum atomic E-state index is -0.282. The third kappa shape index (κ3) is 2.66. The second-order valence-electron chi connectivity index (χ2n) is 5.35. The normalized spacial score (nSPS) is 13.2. The first-order valence-corrected chi connectivity index (χ1v) is 7.51. The summed E-state index contributed by atoms with van der Waals surface area (Å²) in [5, 5.41) is 0. The summed E-state index contributed by atoms with van der Waals surface area (Å²) in [7, 11) is 0. The fraction of sp³-hybridized carbons (Fsp3) is 0.562. The summed E-state index contributed by atoms with van der Waals surface area (Å²) in [6, 6.07) is 5.89. The Balaban J connectivity index is 2.42. The number of nitrogens with zero attached hydrogens (tertiary/aromatic N) is 1. The summed E-state index contributed by atoms with van der Waals surface area (Å²) in [6.07, 6.45) is 3.01. The molecule has 1 atom stereocenters. The van der Waals surface area contributed by atoms with Crippen LogP contribution in [-0.2, 0) is 6.54 Å². The molecular formula is C16H24N2O2. The molecule has 4 nitrogen and oxygen atoms in total. The van der Waals surface area contributed by atoms with Crippen LogP contribution >= 0.6 is 0 Å². The Morgan fingerprint density at radius 2 is 1.95 bits per heavy atom. The van der Waals surface area contributed by atoms with E-state index in [4.69, 9.17) is 10.2 Å². The largest absolute Gasteiger partial charge is 0.419 e. The molecule has 0 amide bonds. The van der Waals surface area contributed by atoms with Crippen molar-refractivity contribution in [3.05, 3.63) is 34.3 Å². The van der Waals surface area contributed by atoms with Crippen LogP contribution in [0, 0.1) is 5.92 Å². The van der Waals surface area contributed by atoms with Crippen molar-refractivity contribution in [2.45, 2.75) is 52.6 Å². The molecule has 20 heavy (non-hydrogen) atoms. The van der Waals surface area contributed by atoms with Gasteiger partial charge in [-0.25, -0.2) is 4.79 Å². The van der Waals surface area contributed by atoms with Crippen molar-refractivity contribution < 1.29 is 4.42 Å². The highest BCUT2D eigenvalue weighted by Crippen LogP contribution is 2.27. The molecule has 2 N–H and O–H groups in total. The third-order valence-corrected chi connectivity index (χ3v) is 4.08. The van der Waals surface area contributed by atoms with Crippen LogP contribution in [0.4, 0.5) is 0 Å². The van der Waals surface area contributed by atoms with Gasteiger partial charge in [-0.15, -0.1) is 0 Å². The summed E-state index contributed by atoms with van der Waals surface area (Å²) < 4.78 is 7.02. The quantitative estimate of drug-likeness (QED) is 0.879. The summed E-state index contributed by atoms with van der Waals surface area (Å²) in [5.41, 5.74) is 8.87. The molecule has 0 radical (unpaired) electrons. The van der Waals surface area contributed by atoms with Gasteiger partial charge in [0.05, 0.1) is 5.52 Å². The van der Waals surface area contributed by atoms with Crippen LogP contribution in [0.3, 0.4) is 0 Å². The van der Waals surface area contributed by atoms with Crippen molar-refractivity contribution in [3.8, 4) is 0 Å². The van der Waals surface area contributed by atoms with Crippen LogP contribution in [0.5, 0.6) is 0 Å². The van der Waals surface area contributed by atoms with Crippen molar-refractivity contribution in [1.29, 1.82) is 0 Å². The average molecular weight is 276 g/mol. The fourth-order valence-corrected chi connectivity index (χ4v) is 2.79. The third-order valence-electron chi connectivity index (χ3n) is 4.08. The maximum absolute atomic E-state index is 11.8. The summed E-state index contributed by atoms with van der Waals surface area (Å²) in [6.45, 7) is 7.04. The Morgan fingerprint density at radius 1 is 1.25 bits per heavy atom. The first-order valence-electron chi connectivity index (χ1n) is 7.51. The van der Waals surface area contributed by atoms with E-state index in [2.05, 4.69) is 13.8 Å². The van der Waals surface area contributed by atoms with Gasteiger partial charge in [-0.2, -0.15) is 0 Å². The first kappa shape index (κ1) is 14.9. The van der Waals surface area contributed by atoms with Crippen molar-refractivity contribution in [1.82, 2.24) is 4.57 Å². The SMILES string of the molecule is CCCn1c(=O)oc2cc(C(N)C(CC)CC)ccc21. The number of benzene rings is 1. The molecule has 0 saturated carbocycles. The summed E-state index contributed by atoms with van der Waals surface area (Å²) in [4.78, 5) is 11.8. The van der Waals surface area contributed by atoms with E-state index in [1.54, 1.807) is 4.57 Å². The zero-order chi connectivity index (χ0) is 14.7. The fourth-order valence-electron chi connectivity index (χ4n) is 2.79. The highest BCUT2D eigenvalue weighted by Gasteiger charge is 2.18. The molecule has 1 unspecified atom stereocenters. The molecule has 1 heterocycles. The zero-order valence-electron chi connectivity index (χ0n) is 12.6. The van der Waals surface area contributed by atoms with Crippen molar-refractivity contribution in [3.63, 3.8) is 0 Å². The van der Waals surface area contributed by atoms with Gasteiger partial charge in [0.15, 0.2) is 5.58 Å². The maximum atomic E-state index is 11.8. The van der Waals surface area contributed by atoms with Crippen LogP contribution in [0.1, 0.15) is 51.6 Å². The number of nitrogens with two attached hydrogens (primary N) is 1. The minimum absolute atomic E-state index is 0.00535. The molecule has 1 aromatic heterocycles. The van der Waals surface area contributed by atoms with Gasteiger partial charge in [0, 0.05) is 12.6 Å². The lowest BCUT2D eigenvalue weighted by molar-refractivity contribution is 0.405. The lowest BCUT2D eigenvalue weighted by Gasteiger charge is -2.21. The molecule has 0 fully saturated rings. The van der Waals surface area contributed by atoms with E-state index in [-0.39, 0.29) is 11.8 Å². The van der Waals surface area contributed by atoms with Crippen molar-refractivity contribution in [2.24, 2.45) is 11.7 Å². The molecule has 0 spiro atoms. The van der Waals surface area contributed by atoms with Crippen LogP contribution in [0.15, 0.2) is 27.4 Å². The second-order valence-corrected chi connectivity index (χ2v) is 5.35. The molecule has 0 saturated heterocycles. The lowest BCUT2D eigenvalue weighted by Crippen LogP contribution is -2.20. The molecule has 0 aliphatic carbocycles. The monoisotopic (exact) mass is 276 g/mol. The average Bonchev–Trinajstić information content (AvgIpc) is 2.76. The number of aryl methyl sites for hydroxylation is 1. The highest BCUT2D eigenvalue weighted by molar-refractivity contribution is 5.74. The van der Waals surface area contributed by atoms with Crippen LogP contribution < -0.4 is 11.5 Å². The number of hydrogen-bond acceptors (Lipinski definition) is 3. The zero-order valence-corrected chi connectivity index (χ0v) is 12.6. The predicted octanol–water partition coefficient (Wildman–Crippen LogP) is 3.44. The first-order chi connectivity index (χ1) is 9.62.